The molecule has 2 aromatic heterocycles. The van der Waals surface area contributed by atoms with Gasteiger partial charge in [0, 0.05) is 18.9 Å². The van der Waals surface area contributed by atoms with Crippen LogP contribution in [0.15, 0.2) is 33.7 Å². The molecule has 0 fully saturated rings. The zero-order chi connectivity index (χ0) is 15.4. The quantitative estimate of drug-likeness (QED) is 0.842. The first-order valence-electron chi connectivity index (χ1n) is 6.58. The number of hydrogen-bond donors (Lipinski definition) is 2. The van der Waals surface area contributed by atoms with E-state index in [4.69, 9.17) is 9.52 Å². The number of nitrogens with one attached hydrogen (secondary N) is 1. The predicted octanol–water partition coefficient (Wildman–Crippen LogP) is 1.80. The summed E-state index contributed by atoms with van der Waals surface area (Å²) in [5.74, 6) is -0.274. The monoisotopic (exact) mass is 291 g/mol. The Morgan fingerprint density at radius 2 is 2.24 bits per heavy atom. The van der Waals surface area contributed by atoms with Gasteiger partial charge in [-0.25, -0.2) is 9.78 Å². The Kier molecular flexibility index (Phi) is 4.42. The third-order valence-electron chi connectivity index (χ3n) is 2.78. The van der Waals surface area contributed by atoms with E-state index in [-0.39, 0.29) is 23.7 Å². The molecular weight excluding hydrogens is 274 g/mol. The second-order valence-corrected chi connectivity index (χ2v) is 5.05. The number of nitrogens with zero attached hydrogens (tertiary/aromatic N) is 2. The molecule has 2 aromatic rings. The van der Waals surface area contributed by atoms with Crippen molar-refractivity contribution in [2.75, 3.05) is 5.32 Å². The molecule has 0 spiro atoms. The van der Waals surface area contributed by atoms with E-state index in [2.05, 4.69) is 10.3 Å². The number of furan rings is 1. The van der Waals surface area contributed by atoms with Crippen LogP contribution >= 0.6 is 0 Å². The highest BCUT2D eigenvalue weighted by Gasteiger charge is 2.10. The lowest BCUT2D eigenvalue weighted by Crippen LogP contribution is -2.25. The van der Waals surface area contributed by atoms with E-state index in [1.54, 1.807) is 23.0 Å². The molecule has 0 aliphatic rings. The van der Waals surface area contributed by atoms with Crippen LogP contribution in [0.2, 0.25) is 0 Å². The molecular formula is C14H17N3O4. The number of rotatable bonds is 6. The lowest BCUT2D eigenvalue weighted by molar-refractivity contribution is 0.0660. The van der Waals surface area contributed by atoms with Gasteiger partial charge < -0.3 is 19.4 Å². The van der Waals surface area contributed by atoms with Crippen molar-refractivity contribution in [1.29, 1.82) is 0 Å². The molecule has 0 unspecified atom stereocenters. The molecule has 0 saturated heterocycles. The Morgan fingerprint density at radius 1 is 1.48 bits per heavy atom. The fourth-order valence-electron chi connectivity index (χ4n) is 1.86. The molecule has 0 saturated carbocycles. The first-order valence-corrected chi connectivity index (χ1v) is 6.58. The van der Waals surface area contributed by atoms with Crippen LogP contribution in [-0.4, -0.2) is 20.6 Å². The van der Waals surface area contributed by atoms with E-state index >= 15 is 0 Å². The van der Waals surface area contributed by atoms with E-state index in [1.807, 2.05) is 13.8 Å². The Bertz CT molecular complexity index is 688. The van der Waals surface area contributed by atoms with Crippen molar-refractivity contribution in [3.63, 3.8) is 0 Å². The summed E-state index contributed by atoms with van der Waals surface area (Å²) in [5, 5.41) is 11.6. The Morgan fingerprint density at radius 3 is 2.86 bits per heavy atom. The summed E-state index contributed by atoms with van der Waals surface area (Å²) in [7, 11) is 0. The molecule has 0 amide bonds. The standard InChI is InChI=1S/C14H17N3O4/c1-9(2)8-17-6-5-15-12(13(17)18)16-7-10-3-4-11(21-10)14(19)20/h3-6,9H,7-8H2,1-2H3,(H,15,16)(H,19,20). The molecule has 0 aliphatic heterocycles. The highest BCUT2D eigenvalue weighted by molar-refractivity contribution is 5.84. The van der Waals surface area contributed by atoms with Crippen molar-refractivity contribution >= 4 is 11.8 Å². The van der Waals surface area contributed by atoms with Gasteiger partial charge in [-0.15, -0.1) is 0 Å². The number of carbonyl (C=O) groups is 1. The molecule has 2 rings (SSSR count). The van der Waals surface area contributed by atoms with Gasteiger partial charge in [0.25, 0.3) is 5.56 Å². The summed E-state index contributed by atoms with van der Waals surface area (Å²) in [6.07, 6.45) is 3.19. The number of aromatic carboxylic acids is 1. The number of hydrogen-bond acceptors (Lipinski definition) is 5. The minimum atomic E-state index is -1.13. The zero-order valence-electron chi connectivity index (χ0n) is 11.9. The minimum absolute atomic E-state index is 0.134. The van der Waals surface area contributed by atoms with Gasteiger partial charge in [-0.3, -0.25) is 4.79 Å². The van der Waals surface area contributed by atoms with Crippen molar-refractivity contribution in [3.05, 3.63) is 46.4 Å². The topological polar surface area (TPSA) is 97.4 Å². The summed E-state index contributed by atoms with van der Waals surface area (Å²) < 4.78 is 6.69. The Hall–Kier alpha value is -2.57. The molecule has 21 heavy (non-hydrogen) atoms. The molecule has 7 nitrogen and oxygen atoms in total. The van der Waals surface area contributed by atoms with Crippen LogP contribution in [0.1, 0.15) is 30.2 Å². The molecule has 0 atom stereocenters. The second-order valence-electron chi connectivity index (χ2n) is 5.05. The van der Waals surface area contributed by atoms with E-state index in [0.29, 0.717) is 18.2 Å². The van der Waals surface area contributed by atoms with Crippen LogP contribution in [0.4, 0.5) is 5.82 Å². The predicted molar refractivity (Wildman–Crippen MR) is 76.3 cm³/mol. The number of carboxylic acids is 1. The van der Waals surface area contributed by atoms with Crippen molar-refractivity contribution in [1.82, 2.24) is 9.55 Å². The summed E-state index contributed by atoms with van der Waals surface area (Å²) in [6.45, 7) is 4.85. The van der Waals surface area contributed by atoms with Gasteiger partial charge in [0.2, 0.25) is 5.76 Å². The van der Waals surface area contributed by atoms with E-state index in [0.717, 1.165) is 0 Å². The summed E-state index contributed by atoms with van der Waals surface area (Å²) in [5.41, 5.74) is -0.212. The molecule has 2 N–H and O–H groups in total. The number of anilines is 1. The third kappa shape index (κ3) is 3.71. The Balaban J connectivity index is 2.09. The largest absolute Gasteiger partial charge is 0.475 e. The van der Waals surface area contributed by atoms with Crippen molar-refractivity contribution in [2.24, 2.45) is 5.92 Å². The summed E-state index contributed by atoms with van der Waals surface area (Å²) >= 11 is 0. The normalized spacial score (nSPS) is 10.8. The maximum absolute atomic E-state index is 12.2. The van der Waals surface area contributed by atoms with Crippen LogP contribution in [0.3, 0.4) is 0 Å². The number of aromatic nitrogens is 2. The molecule has 7 heteroatoms. The van der Waals surface area contributed by atoms with Gasteiger partial charge in [-0.1, -0.05) is 13.8 Å². The van der Waals surface area contributed by atoms with Crippen molar-refractivity contribution < 1.29 is 14.3 Å². The summed E-state index contributed by atoms with van der Waals surface area (Å²) in [6, 6.07) is 2.92. The minimum Gasteiger partial charge on any atom is -0.475 e. The van der Waals surface area contributed by atoms with Crippen molar-refractivity contribution in [3.8, 4) is 0 Å². The van der Waals surface area contributed by atoms with Gasteiger partial charge in [0.05, 0.1) is 6.54 Å². The average Bonchev–Trinajstić information content (AvgIpc) is 2.88. The molecule has 112 valence electrons. The van der Waals surface area contributed by atoms with Gasteiger partial charge >= 0.3 is 5.97 Å². The van der Waals surface area contributed by atoms with Crippen LogP contribution < -0.4 is 10.9 Å². The first kappa shape index (κ1) is 14.8. The van der Waals surface area contributed by atoms with Crippen LogP contribution in [-0.2, 0) is 13.1 Å². The average molecular weight is 291 g/mol. The highest BCUT2D eigenvalue weighted by atomic mass is 16.4. The third-order valence-corrected chi connectivity index (χ3v) is 2.78. The SMILES string of the molecule is CC(C)Cn1ccnc(NCc2ccc(C(=O)O)o2)c1=O. The molecule has 0 aliphatic carbocycles. The second kappa shape index (κ2) is 6.25. The van der Waals surface area contributed by atoms with Gasteiger partial charge in [-0.2, -0.15) is 0 Å². The van der Waals surface area contributed by atoms with E-state index < -0.39 is 5.97 Å². The van der Waals surface area contributed by atoms with Crippen LogP contribution in [0, 0.1) is 5.92 Å². The van der Waals surface area contributed by atoms with Gasteiger partial charge in [0.1, 0.15) is 5.76 Å². The molecule has 0 aromatic carbocycles. The van der Waals surface area contributed by atoms with Crippen LogP contribution in [0.5, 0.6) is 0 Å². The Labute approximate surface area is 121 Å². The fraction of sp³-hybridized carbons (Fsp3) is 0.357. The smallest absolute Gasteiger partial charge is 0.371 e. The summed E-state index contributed by atoms with van der Waals surface area (Å²) in [4.78, 5) is 26.9. The molecule has 0 radical (unpaired) electrons. The molecule has 0 bridgehead atoms. The van der Waals surface area contributed by atoms with Crippen LogP contribution in [0.25, 0.3) is 0 Å². The lowest BCUT2D eigenvalue weighted by Gasteiger charge is -2.10. The van der Waals surface area contributed by atoms with Gasteiger partial charge in [-0.05, 0) is 18.1 Å². The highest BCUT2D eigenvalue weighted by Crippen LogP contribution is 2.09. The van der Waals surface area contributed by atoms with E-state index in [1.165, 1.54) is 6.07 Å². The van der Waals surface area contributed by atoms with E-state index in [9.17, 15) is 9.59 Å². The first-order chi connectivity index (χ1) is 9.97. The fourth-order valence-corrected chi connectivity index (χ4v) is 1.86. The molecule has 2 heterocycles. The van der Waals surface area contributed by atoms with Gasteiger partial charge in [0.15, 0.2) is 5.82 Å². The number of carboxylic acid groups (broad SMARTS) is 1. The maximum atomic E-state index is 12.2. The maximum Gasteiger partial charge on any atom is 0.371 e. The van der Waals surface area contributed by atoms with Crippen molar-refractivity contribution in [2.45, 2.75) is 26.9 Å². The zero-order valence-corrected chi connectivity index (χ0v) is 11.9. The lowest BCUT2D eigenvalue weighted by atomic mass is 10.2.